The molecule has 0 aliphatic rings. The van der Waals surface area contributed by atoms with Crippen LogP contribution in [0.5, 0.6) is 0 Å². The lowest BCUT2D eigenvalue weighted by Crippen LogP contribution is -2.25. The van der Waals surface area contributed by atoms with Gasteiger partial charge >= 0.3 is 0 Å². The fraction of sp³-hybridized carbons (Fsp3) is 0.462. The van der Waals surface area contributed by atoms with Gasteiger partial charge in [-0.2, -0.15) is 0 Å². The van der Waals surface area contributed by atoms with E-state index in [1.165, 1.54) is 0 Å². The van der Waals surface area contributed by atoms with E-state index in [-0.39, 0.29) is 5.91 Å². The van der Waals surface area contributed by atoms with Crippen LogP contribution in [0.3, 0.4) is 0 Å². The number of carbonyl (C=O) groups is 1. The maximum atomic E-state index is 11.3. The van der Waals surface area contributed by atoms with Crippen LogP contribution >= 0.6 is 0 Å². The van der Waals surface area contributed by atoms with Gasteiger partial charge in [0, 0.05) is 30.9 Å². The Morgan fingerprint density at radius 1 is 1.35 bits per heavy atom. The average molecular weight is 235 g/mol. The summed E-state index contributed by atoms with van der Waals surface area (Å²) in [7, 11) is 0. The largest absolute Gasteiger partial charge is 0.398 e. The first-order chi connectivity index (χ1) is 8.13. The minimum atomic E-state index is 0.0828. The number of nitrogen functional groups attached to an aromatic ring is 1. The maximum Gasteiger partial charge on any atom is 0.221 e. The van der Waals surface area contributed by atoms with Gasteiger partial charge in [0.1, 0.15) is 0 Å². The van der Waals surface area contributed by atoms with E-state index in [1.807, 2.05) is 32.0 Å². The van der Waals surface area contributed by atoms with E-state index in [2.05, 4.69) is 10.6 Å². The number of hydrogen-bond acceptors (Lipinski definition) is 3. The molecule has 0 aliphatic carbocycles. The predicted molar refractivity (Wildman–Crippen MR) is 72.0 cm³/mol. The van der Waals surface area contributed by atoms with Crippen molar-refractivity contribution in [3.05, 3.63) is 23.8 Å². The van der Waals surface area contributed by atoms with Gasteiger partial charge < -0.3 is 16.4 Å². The number of nitrogens with one attached hydrogen (secondary N) is 2. The first-order valence-corrected chi connectivity index (χ1v) is 6.00. The molecule has 0 heterocycles. The van der Waals surface area contributed by atoms with Gasteiger partial charge in [-0.15, -0.1) is 0 Å². The Kier molecular flexibility index (Phi) is 5.33. The molecule has 0 saturated heterocycles. The molecule has 0 atom stereocenters. The molecule has 0 saturated carbocycles. The number of benzene rings is 1. The number of amides is 1. The van der Waals surface area contributed by atoms with Crippen molar-refractivity contribution in [3.8, 4) is 0 Å². The zero-order chi connectivity index (χ0) is 12.7. The summed E-state index contributed by atoms with van der Waals surface area (Å²) in [6, 6.07) is 5.82. The summed E-state index contributed by atoms with van der Waals surface area (Å²) in [5.74, 6) is 0.0828. The second-order valence-electron chi connectivity index (χ2n) is 4.10. The van der Waals surface area contributed by atoms with Crippen LogP contribution in [0.1, 0.15) is 25.3 Å². The Morgan fingerprint density at radius 3 is 2.76 bits per heavy atom. The molecule has 0 radical (unpaired) electrons. The van der Waals surface area contributed by atoms with Gasteiger partial charge in [-0.1, -0.05) is 13.0 Å². The van der Waals surface area contributed by atoms with Gasteiger partial charge in [0.15, 0.2) is 0 Å². The lowest BCUT2D eigenvalue weighted by Gasteiger charge is -2.08. The number of hydrogen-bond donors (Lipinski definition) is 3. The molecule has 4 nitrogen and oxygen atoms in total. The molecule has 0 bridgehead atoms. The van der Waals surface area contributed by atoms with Crippen LogP contribution in [0.15, 0.2) is 18.2 Å². The van der Waals surface area contributed by atoms with E-state index in [9.17, 15) is 4.79 Å². The van der Waals surface area contributed by atoms with E-state index in [4.69, 9.17) is 5.73 Å². The van der Waals surface area contributed by atoms with Gasteiger partial charge in [0.25, 0.3) is 0 Å². The molecule has 0 fully saturated rings. The normalized spacial score (nSPS) is 10.0. The summed E-state index contributed by atoms with van der Waals surface area (Å²) >= 11 is 0. The van der Waals surface area contributed by atoms with Crippen molar-refractivity contribution in [1.29, 1.82) is 0 Å². The molecule has 17 heavy (non-hydrogen) atoms. The maximum absolute atomic E-state index is 11.3. The van der Waals surface area contributed by atoms with Crippen molar-refractivity contribution in [2.75, 3.05) is 24.1 Å². The monoisotopic (exact) mass is 235 g/mol. The fourth-order valence-corrected chi connectivity index (χ4v) is 1.42. The van der Waals surface area contributed by atoms with Crippen molar-refractivity contribution in [3.63, 3.8) is 0 Å². The highest BCUT2D eigenvalue weighted by atomic mass is 16.1. The molecular weight excluding hydrogens is 214 g/mol. The van der Waals surface area contributed by atoms with Crippen LogP contribution in [0.2, 0.25) is 0 Å². The van der Waals surface area contributed by atoms with Gasteiger partial charge in [0.2, 0.25) is 5.91 Å². The molecule has 4 heteroatoms. The van der Waals surface area contributed by atoms with Crippen molar-refractivity contribution in [2.45, 2.75) is 26.7 Å². The zero-order valence-corrected chi connectivity index (χ0v) is 10.5. The lowest BCUT2D eigenvalue weighted by atomic mass is 10.2. The van der Waals surface area contributed by atoms with Gasteiger partial charge in [-0.05, 0) is 31.0 Å². The molecule has 0 spiro atoms. The van der Waals surface area contributed by atoms with Gasteiger partial charge in [-0.25, -0.2) is 0 Å². The molecule has 1 rings (SSSR count). The molecule has 0 aliphatic heterocycles. The smallest absolute Gasteiger partial charge is 0.221 e. The highest BCUT2D eigenvalue weighted by molar-refractivity contribution is 5.76. The zero-order valence-electron chi connectivity index (χ0n) is 10.5. The first kappa shape index (κ1) is 13.4. The first-order valence-electron chi connectivity index (χ1n) is 6.00. The number of carbonyl (C=O) groups excluding carboxylic acids is 1. The summed E-state index contributed by atoms with van der Waals surface area (Å²) in [5, 5.41) is 6.01. The summed E-state index contributed by atoms with van der Waals surface area (Å²) in [6.45, 7) is 5.37. The fourth-order valence-electron chi connectivity index (χ4n) is 1.42. The van der Waals surface area contributed by atoms with Crippen molar-refractivity contribution < 1.29 is 4.79 Å². The molecule has 1 amide bonds. The average Bonchev–Trinajstić information content (AvgIpc) is 2.31. The molecule has 0 unspecified atom stereocenters. The minimum absolute atomic E-state index is 0.0828. The highest BCUT2D eigenvalue weighted by Gasteiger charge is 2.00. The van der Waals surface area contributed by atoms with E-state index < -0.39 is 0 Å². The van der Waals surface area contributed by atoms with E-state index in [0.29, 0.717) is 13.0 Å². The quantitative estimate of drug-likeness (QED) is 0.660. The highest BCUT2D eigenvalue weighted by Crippen LogP contribution is 2.16. The molecule has 0 aromatic heterocycles. The van der Waals surface area contributed by atoms with Gasteiger partial charge in [0.05, 0.1) is 0 Å². The van der Waals surface area contributed by atoms with E-state index >= 15 is 0 Å². The predicted octanol–water partition coefficient (Wildman–Crippen LogP) is 1.91. The Balaban J connectivity index is 2.30. The SMILES string of the molecule is CCCNC(=O)CCNc1ccc(C)c(N)c1. The summed E-state index contributed by atoms with van der Waals surface area (Å²) in [6.07, 6.45) is 1.45. The third kappa shape index (κ3) is 4.76. The molecule has 94 valence electrons. The van der Waals surface area contributed by atoms with Gasteiger partial charge in [-0.3, -0.25) is 4.79 Å². The molecule has 4 N–H and O–H groups in total. The number of rotatable bonds is 6. The standard InChI is InChI=1S/C13H21N3O/c1-3-7-16-13(17)6-8-15-11-5-4-10(2)12(14)9-11/h4-5,9,15H,3,6-8,14H2,1-2H3,(H,16,17). The van der Waals surface area contributed by atoms with Crippen LogP contribution in [-0.2, 0) is 4.79 Å². The van der Waals surface area contributed by atoms with Crippen LogP contribution < -0.4 is 16.4 Å². The third-order valence-electron chi connectivity index (χ3n) is 2.53. The summed E-state index contributed by atoms with van der Waals surface area (Å²) in [5.41, 5.74) is 8.59. The van der Waals surface area contributed by atoms with Crippen LogP contribution in [-0.4, -0.2) is 19.0 Å². The molecule has 1 aromatic carbocycles. The number of aryl methyl sites for hydroxylation is 1. The number of anilines is 2. The number of nitrogens with two attached hydrogens (primary N) is 1. The molecule has 1 aromatic rings. The Labute approximate surface area is 103 Å². The summed E-state index contributed by atoms with van der Waals surface area (Å²) in [4.78, 5) is 11.3. The van der Waals surface area contributed by atoms with Crippen LogP contribution in [0.4, 0.5) is 11.4 Å². The van der Waals surface area contributed by atoms with Crippen molar-refractivity contribution in [1.82, 2.24) is 5.32 Å². The van der Waals surface area contributed by atoms with Crippen molar-refractivity contribution in [2.24, 2.45) is 0 Å². The van der Waals surface area contributed by atoms with E-state index in [0.717, 1.165) is 29.9 Å². The summed E-state index contributed by atoms with van der Waals surface area (Å²) < 4.78 is 0. The molecular formula is C13H21N3O. The Morgan fingerprint density at radius 2 is 2.12 bits per heavy atom. The second kappa shape index (κ2) is 6.78. The van der Waals surface area contributed by atoms with E-state index in [1.54, 1.807) is 0 Å². The minimum Gasteiger partial charge on any atom is -0.398 e. The third-order valence-corrected chi connectivity index (χ3v) is 2.53. The topological polar surface area (TPSA) is 67.2 Å². The van der Waals surface area contributed by atoms with Crippen LogP contribution in [0, 0.1) is 6.92 Å². The Bertz CT molecular complexity index is 377. The van der Waals surface area contributed by atoms with Crippen molar-refractivity contribution >= 4 is 17.3 Å². The second-order valence-corrected chi connectivity index (χ2v) is 4.10. The van der Waals surface area contributed by atoms with Crippen LogP contribution in [0.25, 0.3) is 0 Å². The Hall–Kier alpha value is -1.71. The lowest BCUT2D eigenvalue weighted by molar-refractivity contribution is -0.120.